The predicted octanol–water partition coefficient (Wildman–Crippen LogP) is 2.25. The molecule has 1 atom stereocenters. The maximum absolute atomic E-state index is 11.5. The molecule has 88 valence electrons. The Bertz CT molecular complexity index is 259. The summed E-state index contributed by atoms with van der Waals surface area (Å²) in [5.74, 6) is -0.839. The fourth-order valence-electron chi connectivity index (χ4n) is 1.72. The second-order valence-corrected chi connectivity index (χ2v) is 5.01. The molecule has 0 bridgehead atoms. The monoisotopic (exact) mass is 236 g/mol. The predicted molar refractivity (Wildman–Crippen MR) is 54.1 cm³/mol. The molecule has 0 radical (unpaired) electrons. The van der Waals surface area contributed by atoms with Gasteiger partial charge in [-0.2, -0.15) is 0 Å². The van der Waals surface area contributed by atoms with Gasteiger partial charge in [0.05, 0.1) is 12.5 Å². The lowest BCUT2D eigenvalue weighted by Crippen LogP contribution is -2.19. The Hall–Kier alpha value is -0.380. The number of carbonyl (C=O) groups excluding carboxylic acids is 1. The van der Waals surface area contributed by atoms with Gasteiger partial charge in [-0.15, -0.1) is 0 Å². The number of phosphoric acid groups is 1. The number of rotatable bonds is 4. The van der Waals surface area contributed by atoms with Crippen molar-refractivity contribution in [2.45, 2.75) is 39.0 Å². The van der Waals surface area contributed by atoms with Crippen LogP contribution in [0.2, 0.25) is 0 Å². The molecule has 15 heavy (non-hydrogen) atoms. The first-order valence-electron chi connectivity index (χ1n) is 5.26. The Morgan fingerprint density at radius 3 is 2.53 bits per heavy atom. The third-order valence-electron chi connectivity index (χ3n) is 2.44. The van der Waals surface area contributed by atoms with Crippen LogP contribution in [0.25, 0.3) is 0 Å². The van der Waals surface area contributed by atoms with Crippen LogP contribution in [0.15, 0.2) is 0 Å². The minimum absolute atomic E-state index is 0.0473. The summed E-state index contributed by atoms with van der Waals surface area (Å²) in [4.78, 5) is 20.6. The van der Waals surface area contributed by atoms with Crippen molar-refractivity contribution in [1.82, 2.24) is 0 Å². The zero-order chi connectivity index (χ0) is 11.3. The SMILES string of the molecule is CCOP(=O)(O)OC(=O)C1CCCCC1. The van der Waals surface area contributed by atoms with E-state index in [1.807, 2.05) is 0 Å². The van der Waals surface area contributed by atoms with Crippen molar-refractivity contribution < 1.29 is 23.3 Å². The molecule has 0 aromatic rings. The summed E-state index contributed by atoms with van der Waals surface area (Å²) in [5.41, 5.74) is 0. The first-order valence-corrected chi connectivity index (χ1v) is 6.75. The standard InChI is InChI=1S/C9H17O5P/c1-2-13-15(11,12)14-9(10)8-6-4-3-5-7-8/h8H,2-7H2,1H3,(H,11,12). The van der Waals surface area contributed by atoms with Gasteiger partial charge >= 0.3 is 13.8 Å². The maximum Gasteiger partial charge on any atom is 0.529 e. The topological polar surface area (TPSA) is 72.8 Å². The molecule has 1 aliphatic rings. The van der Waals surface area contributed by atoms with Crippen LogP contribution in [0.3, 0.4) is 0 Å². The van der Waals surface area contributed by atoms with Crippen LogP contribution >= 0.6 is 7.82 Å². The Morgan fingerprint density at radius 2 is 2.00 bits per heavy atom. The first-order chi connectivity index (χ1) is 7.05. The van der Waals surface area contributed by atoms with E-state index < -0.39 is 13.8 Å². The molecule has 0 heterocycles. The molecule has 0 aromatic carbocycles. The van der Waals surface area contributed by atoms with Gasteiger partial charge in [-0.05, 0) is 19.8 Å². The molecule has 0 aliphatic heterocycles. The van der Waals surface area contributed by atoms with Crippen LogP contribution in [-0.4, -0.2) is 17.5 Å². The molecule has 0 aromatic heterocycles. The second-order valence-electron chi connectivity index (χ2n) is 3.63. The van der Waals surface area contributed by atoms with E-state index >= 15 is 0 Å². The van der Waals surface area contributed by atoms with Crippen molar-refractivity contribution in [3.05, 3.63) is 0 Å². The average molecular weight is 236 g/mol. The van der Waals surface area contributed by atoms with Crippen molar-refractivity contribution in [3.63, 3.8) is 0 Å². The van der Waals surface area contributed by atoms with Crippen LogP contribution in [0, 0.1) is 5.92 Å². The highest BCUT2D eigenvalue weighted by Crippen LogP contribution is 2.44. The van der Waals surface area contributed by atoms with E-state index in [1.165, 1.54) is 0 Å². The number of phosphoric ester groups is 1. The Balaban J connectivity index is 2.43. The lowest BCUT2D eigenvalue weighted by molar-refractivity contribution is -0.141. The van der Waals surface area contributed by atoms with Gasteiger partial charge in [-0.25, -0.2) is 4.57 Å². The minimum Gasteiger partial charge on any atom is -0.370 e. The van der Waals surface area contributed by atoms with Gasteiger partial charge in [0.2, 0.25) is 0 Å². The fraction of sp³-hybridized carbons (Fsp3) is 0.889. The molecule has 1 fully saturated rings. The highest BCUT2D eigenvalue weighted by atomic mass is 31.2. The van der Waals surface area contributed by atoms with E-state index in [0.29, 0.717) is 0 Å². The summed E-state index contributed by atoms with van der Waals surface area (Å²) in [7, 11) is -4.16. The molecule has 1 aliphatic carbocycles. The van der Waals surface area contributed by atoms with Crippen molar-refractivity contribution in [3.8, 4) is 0 Å². The Kier molecular flexibility index (Phi) is 4.77. The zero-order valence-electron chi connectivity index (χ0n) is 8.85. The van der Waals surface area contributed by atoms with Gasteiger partial charge < -0.3 is 4.52 Å². The molecule has 6 heteroatoms. The normalized spacial score (nSPS) is 22.0. The number of carbonyl (C=O) groups is 1. The van der Waals surface area contributed by atoms with E-state index in [-0.39, 0.29) is 12.5 Å². The minimum atomic E-state index is -4.16. The smallest absolute Gasteiger partial charge is 0.370 e. The van der Waals surface area contributed by atoms with Gasteiger partial charge in [-0.1, -0.05) is 19.3 Å². The van der Waals surface area contributed by atoms with E-state index in [2.05, 4.69) is 9.05 Å². The third kappa shape index (κ3) is 4.33. The number of hydrogen-bond donors (Lipinski definition) is 1. The van der Waals surface area contributed by atoms with Gasteiger partial charge in [0.1, 0.15) is 0 Å². The fourth-order valence-corrected chi connectivity index (χ4v) is 2.47. The maximum atomic E-state index is 11.5. The van der Waals surface area contributed by atoms with Gasteiger partial charge in [0, 0.05) is 0 Å². The molecule has 0 spiro atoms. The van der Waals surface area contributed by atoms with Gasteiger partial charge in [0.15, 0.2) is 0 Å². The molecule has 0 amide bonds. The molecular weight excluding hydrogens is 219 g/mol. The lowest BCUT2D eigenvalue weighted by atomic mass is 9.90. The molecule has 1 saturated carbocycles. The van der Waals surface area contributed by atoms with Crippen LogP contribution in [0.1, 0.15) is 39.0 Å². The Morgan fingerprint density at radius 1 is 1.40 bits per heavy atom. The van der Waals surface area contributed by atoms with E-state index in [0.717, 1.165) is 32.1 Å². The highest BCUT2D eigenvalue weighted by Gasteiger charge is 2.31. The summed E-state index contributed by atoms with van der Waals surface area (Å²) in [5, 5.41) is 0. The van der Waals surface area contributed by atoms with Crippen molar-refractivity contribution in [1.29, 1.82) is 0 Å². The van der Waals surface area contributed by atoms with Crippen LogP contribution in [-0.2, 0) is 18.4 Å². The average Bonchev–Trinajstić information content (AvgIpc) is 2.18. The van der Waals surface area contributed by atoms with Crippen molar-refractivity contribution >= 4 is 13.8 Å². The second kappa shape index (κ2) is 5.64. The molecule has 5 nitrogen and oxygen atoms in total. The molecule has 1 N–H and O–H groups in total. The van der Waals surface area contributed by atoms with Crippen LogP contribution in [0.4, 0.5) is 0 Å². The summed E-state index contributed by atoms with van der Waals surface area (Å²) >= 11 is 0. The largest absolute Gasteiger partial charge is 0.529 e. The molecule has 1 unspecified atom stereocenters. The van der Waals surface area contributed by atoms with Crippen LogP contribution in [0.5, 0.6) is 0 Å². The number of hydrogen-bond acceptors (Lipinski definition) is 4. The summed E-state index contributed by atoms with van der Waals surface area (Å²) < 4.78 is 20.1. The van der Waals surface area contributed by atoms with E-state index in [1.54, 1.807) is 6.92 Å². The Labute approximate surface area is 89.4 Å². The molecular formula is C9H17O5P. The third-order valence-corrected chi connectivity index (χ3v) is 3.43. The zero-order valence-corrected chi connectivity index (χ0v) is 9.74. The molecule has 1 rings (SSSR count). The summed E-state index contributed by atoms with van der Waals surface area (Å²) in [6.45, 7) is 1.61. The van der Waals surface area contributed by atoms with Crippen LogP contribution < -0.4 is 0 Å². The lowest BCUT2D eigenvalue weighted by Gasteiger charge is -2.20. The van der Waals surface area contributed by atoms with Gasteiger partial charge in [-0.3, -0.25) is 14.2 Å². The summed E-state index contributed by atoms with van der Waals surface area (Å²) in [6, 6.07) is 0. The van der Waals surface area contributed by atoms with Crippen molar-refractivity contribution in [2.24, 2.45) is 5.92 Å². The van der Waals surface area contributed by atoms with Gasteiger partial charge in [0.25, 0.3) is 0 Å². The summed E-state index contributed by atoms with van der Waals surface area (Å²) in [6.07, 6.45) is 4.55. The van der Waals surface area contributed by atoms with Crippen molar-refractivity contribution in [2.75, 3.05) is 6.61 Å². The van der Waals surface area contributed by atoms with E-state index in [4.69, 9.17) is 4.89 Å². The quantitative estimate of drug-likeness (QED) is 0.758. The molecule has 0 saturated heterocycles. The van der Waals surface area contributed by atoms with E-state index in [9.17, 15) is 9.36 Å². The first kappa shape index (κ1) is 12.7. The highest BCUT2D eigenvalue weighted by molar-refractivity contribution is 7.48.